The van der Waals surface area contributed by atoms with E-state index in [1.54, 1.807) is 37.3 Å². The molecule has 2 heterocycles. The number of urea groups is 1. The molecule has 3 unspecified atom stereocenters. The average Bonchev–Trinajstić information content (AvgIpc) is 3.46. The molecule has 3 aliphatic rings. The lowest BCUT2D eigenvalue weighted by Crippen LogP contribution is -2.42. The number of benzene rings is 2. The van der Waals surface area contributed by atoms with Crippen LogP contribution in [0.25, 0.3) is 11.3 Å². The van der Waals surface area contributed by atoms with Crippen LogP contribution in [0.2, 0.25) is 5.02 Å². The summed E-state index contributed by atoms with van der Waals surface area (Å²) >= 11 is 6.48. The lowest BCUT2D eigenvalue weighted by atomic mass is 9.86. The first kappa shape index (κ1) is 23.5. The first-order valence-electron chi connectivity index (χ1n) is 12.2. The van der Waals surface area contributed by atoms with E-state index in [2.05, 4.69) is 5.32 Å². The summed E-state index contributed by atoms with van der Waals surface area (Å²) in [7, 11) is 0. The Balaban J connectivity index is 1.59. The molecule has 3 amide bonds. The molecule has 1 aliphatic heterocycles. The van der Waals surface area contributed by atoms with Crippen molar-refractivity contribution in [3.05, 3.63) is 64.4 Å². The molecule has 6 rings (SSSR count). The molecule has 2 aromatic carbocycles. The quantitative estimate of drug-likeness (QED) is 0.493. The van der Waals surface area contributed by atoms with E-state index in [1.165, 1.54) is 17.0 Å². The third kappa shape index (κ3) is 3.94. The van der Waals surface area contributed by atoms with Crippen LogP contribution in [-0.4, -0.2) is 27.6 Å². The molecule has 0 radical (unpaired) electrons. The molecule has 3 N–H and O–H groups in total. The van der Waals surface area contributed by atoms with Crippen LogP contribution in [-0.2, 0) is 11.3 Å². The van der Waals surface area contributed by atoms with Crippen molar-refractivity contribution in [2.75, 3.05) is 4.90 Å². The predicted octanol–water partition coefficient (Wildman–Crippen LogP) is 5.21. The summed E-state index contributed by atoms with van der Waals surface area (Å²) in [5, 5.41) is 3.24. The summed E-state index contributed by atoms with van der Waals surface area (Å²) < 4.78 is 14.0. The molecule has 188 valence electrons. The van der Waals surface area contributed by atoms with E-state index in [1.807, 2.05) is 0 Å². The number of nitrogens with one attached hydrogen (secondary N) is 1. The fourth-order valence-corrected chi connectivity index (χ4v) is 6.13. The van der Waals surface area contributed by atoms with Crippen LogP contribution < -0.4 is 16.0 Å². The number of primary amides is 1. The molecule has 3 aromatic rings. The molecule has 10 heteroatoms. The SMILES string of the molecule is Cc1cc(F)ccc1-c1nc(N=C2C3CCC(C3)C2C(N)=O)nc2c1CNC(=O)N2c1ccccc1Cl. The van der Waals surface area contributed by atoms with Gasteiger partial charge in [-0.1, -0.05) is 23.7 Å². The Labute approximate surface area is 217 Å². The minimum Gasteiger partial charge on any atom is -0.369 e. The van der Waals surface area contributed by atoms with Crippen molar-refractivity contribution in [2.45, 2.75) is 32.7 Å². The summed E-state index contributed by atoms with van der Waals surface area (Å²) in [6, 6.07) is 11.0. The zero-order chi connectivity index (χ0) is 25.8. The van der Waals surface area contributed by atoms with Crippen LogP contribution >= 0.6 is 11.6 Å². The van der Waals surface area contributed by atoms with Crippen LogP contribution in [0, 0.1) is 30.5 Å². The molecule has 1 aromatic heterocycles. The molecule has 3 atom stereocenters. The summed E-state index contributed by atoms with van der Waals surface area (Å²) in [5.74, 6) is -0.402. The second-order valence-electron chi connectivity index (χ2n) is 9.77. The van der Waals surface area contributed by atoms with Crippen molar-refractivity contribution in [3.63, 3.8) is 0 Å². The monoisotopic (exact) mass is 518 g/mol. The molecule has 0 spiro atoms. The van der Waals surface area contributed by atoms with Crippen LogP contribution in [0.3, 0.4) is 0 Å². The normalized spacial score (nSPS) is 23.3. The van der Waals surface area contributed by atoms with Gasteiger partial charge in [-0.25, -0.2) is 24.1 Å². The number of nitrogens with two attached hydrogens (primary N) is 1. The number of aromatic nitrogens is 2. The first-order chi connectivity index (χ1) is 17.8. The number of aryl methyl sites for hydroxylation is 1. The Morgan fingerprint density at radius 3 is 2.78 bits per heavy atom. The van der Waals surface area contributed by atoms with Crippen molar-refractivity contribution in [1.29, 1.82) is 0 Å². The van der Waals surface area contributed by atoms with Gasteiger partial charge in [-0.15, -0.1) is 0 Å². The van der Waals surface area contributed by atoms with Gasteiger partial charge in [0.1, 0.15) is 5.82 Å². The van der Waals surface area contributed by atoms with Crippen molar-refractivity contribution in [3.8, 4) is 11.3 Å². The van der Waals surface area contributed by atoms with Gasteiger partial charge in [0.15, 0.2) is 5.82 Å². The van der Waals surface area contributed by atoms with Crippen LogP contribution in [0.15, 0.2) is 47.5 Å². The summed E-state index contributed by atoms with van der Waals surface area (Å²) in [5.41, 5.74) is 9.46. The Bertz CT molecular complexity index is 1490. The Morgan fingerprint density at radius 2 is 2.03 bits per heavy atom. The molecule has 8 nitrogen and oxygen atoms in total. The Morgan fingerprint density at radius 1 is 1.22 bits per heavy atom. The maximum Gasteiger partial charge on any atom is 0.328 e. The number of rotatable bonds is 4. The van der Waals surface area contributed by atoms with E-state index in [0.29, 0.717) is 44.6 Å². The number of para-hydroxylation sites is 1. The second kappa shape index (κ2) is 8.92. The predicted molar refractivity (Wildman–Crippen MR) is 139 cm³/mol. The number of halogens is 2. The standard InChI is InChI=1S/C27H24ClFN6O2/c1-13-10-16(29)8-9-17(13)23-18-12-31-27(37)35(20-5-3-2-4-19(20)28)25(18)34-26(33-23)32-22-15-7-6-14(11-15)21(22)24(30)36/h2-5,8-10,14-15,21H,6-7,11-12H2,1H3,(H2,30,36)(H,31,37). The van der Waals surface area contributed by atoms with Crippen LogP contribution in [0.5, 0.6) is 0 Å². The van der Waals surface area contributed by atoms with Crippen LogP contribution in [0.4, 0.5) is 26.6 Å². The number of carbonyl (C=O) groups is 2. The van der Waals surface area contributed by atoms with Crippen molar-refractivity contribution in [2.24, 2.45) is 28.5 Å². The van der Waals surface area contributed by atoms with Gasteiger partial charge in [-0.05, 0) is 73.9 Å². The maximum atomic E-state index is 14.0. The van der Waals surface area contributed by atoms with E-state index in [-0.39, 0.29) is 30.1 Å². The minimum atomic E-state index is -0.447. The molecule has 37 heavy (non-hydrogen) atoms. The zero-order valence-corrected chi connectivity index (χ0v) is 20.8. The number of fused-ring (bicyclic) bond motifs is 3. The summed E-state index contributed by atoms with van der Waals surface area (Å²) in [4.78, 5) is 41.1. The van der Waals surface area contributed by atoms with Gasteiger partial charge in [0.25, 0.3) is 5.95 Å². The number of carbonyl (C=O) groups excluding carboxylic acids is 2. The molecular formula is C27H24ClFN6O2. The first-order valence-corrected chi connectivity index (χ1v) is 12.6. The van der Waals surface area contributed by atoms with Gasteiger partial charge < -0.3 is 11.1 Å². The van der Waals surface area contributed by atoms with Crippen molar-refractivity contribution >= 4 is 46.7 Å². The van der Waals surface area contributed by atoms with Crippen molar-refractivity contribution < 1.29 is 14.0 Å². The zero-order valence-electron chi connectivity index (χ0n) is 20.0. The van der Waals surface area contributed by atoms with Gasteiger partial charge >= 0.3 is 6.03 Å². The number of anilines is 2. The maximum absolute atomic E-state index is 14.0. The molecule has 2 fully saturated rings. The number of aliphatic imine (C=N–C) groups is 1. The molecule has 0 saturated heterocycles. The third-order valence-corrected chi connectivity index (χ3v) is 7.88. The van der Waals surface area contributed by atoms with Gasteiger partial charge in [-0.3, -0.25) is 4.79 Å². The topological polar surface area (TPSA) is 114 Å². The van der Waals surface area contributed by atoms with E-state index in [4.69, 9.17) is 32.3 Å². The lowest BCUT2D eigenvalue weighted by Gasteiger charge is -2.31. The Kier molecular flexibility index (Phi) is 5.67. The summed E-state index contributed by atoms with van der Waals surface area (Å²) in [6.45, 7) is 1.97. The van der Waals surface area contributed by atoms with Gasteiger partial charge in [-0.2, -0.15) is 4.98 Å². The number of amides is 3. The highest BCUT2D eigenvalue weighted by atomic mass is 35.5. The molecule has 2 saturated carbocycles. The number of hydrogen-bond acceptors (Lipinski definition) is 5. The highest BCUT2D eigenvalue weighted by Crippen LogP contribution is 2.47. The summed E-state index contributed by atoms with van der Waals surface area (Å²) in [6.07, 6.45) is 2.76. The number of nitrogens with zero attached hydrogens (tertiary/aromatic N) is 4. The number of hydrogen-bond donors (Lipinski definition) is 2. The van der Waals surface area contributed by atoms with E-state index < -0.39 is 17.9 Å². The van der Waals surface area contributed by atoms with Gasteiger partial charge in [0.2, 0.25) is 5.91 Å². The van der Waals surface area contributed by atoms with Crippen LogP contribution in [0.1, 0.15) is 30.4 Å². The highest BCUT2D eigenvalue weighted by Gasteiger charge is 2.48. The lowest BCUT2D eigenvalue weighted by molar-refractivity contribution is -0.120. The molecule has 2 bridgehead atoms. The Hall–Kier alpha value is -3.85. The van der Waals surface area contributed by atoms with E-state index in [0.717, 1.165) is 19.3 Å². The molecule has 2 aliphatic carbocycles. The highest BCUT2D eigenvalue weighted by molar-refractivity contribution is 6.34. The fourth-order valence-electron chi connectivity index (χ4n) is 5.91. The van der Waals surface area contributed by atoms with E-state index in [9.17, 15) is 14.0 Å². The van der Waals surface area contributed by atoms with Gasteiger partial charge in [0, 0.05) is 16.8 Å². The van der Waals surface area contributed by atoms with Gasteiger partial charge in [0.05, 0.1) is 28.9 Å². The molecular weight excluding hydrogens is 495 g/mol. The smallest absolute Gasteiger partial charge is 0.328 e. The van der Waals surface area contributed by atoms with E-state index >= 15 is 0 Å². The fraction of sp³-hybridized carbons (Fsp3) is 0.296. The largest absolute Gasteiger partial charge is 0.369 e. The van der Waals surface area contributed by atoms with Crippen molar-refractivity contribution in [1.82, 2.24) is 15.3 Å². The third-order valence-electron chi connectivity index (χ3n) is 7.56. The minimum absolute atomic E-state index is 0.123. The average molecular weight is 519 g/mol. The second-order valence-corrected chi connectivity index (χ2v) is 10.2.